The second kappa shape index (κ2) is 10.8. The molecule has 0 aromatic heterocycles. The van der Waals surface area contributed by atoms with E-state index in [2.05, 4.69) is 9.62 Å². The molecule has 1 amide bonds. The summed E-state index contributed by atoms with van der Waals surface area (Å²) in [6.45, 7) is 7.54. The number of nitrogens with zero attached hydrogens (tertiary/aromatic N) is 2. The van der Waals surface area contributed by atoms with Gasteiger partial charge in [-0.1, -0.05) is 48.0 Å². The Balaban J connectivity index is 1.55. The first kappa shape index (κ1) is 25.9. The van der Waals surface area contributed by atoms with Gasteiger partial charge >= 0.3 is 0 Å². The molecule has 1 atom stereocenters. The number of sulfonamides is 1. The Labute approximate surface area is 212 Å². The van der Waals surface area contributed by atoms with Gasteiger partial charge in [0.1, 0.15) is 11.9 Å². The average Bonchev–Trinajstić information content (AvgIpc) is 2.83. The van der Waals surface area contributed by atoms with Gasteiger partial charge in [-0.2, -0.15) is 4.72 Å². The molecule has 4 rings (SSSR count). The normalized spacial score (nSPS) is 15.1. The van der Waals surface area contributed by atoms with Gasteiger partial charge in [-0.3, -0.25) is 4.79 Å². The van der Waals surface area contributed by atoms with Gasteiger partial charge in [0, 0.05) is 31.9 Å². The van der Waals surface area contributed by atoms with Crippen LogP contribution < -0.4 is 9.62 Å². The van der Waals surface area contributed by atoms with E-state index in [0.29, 0.717) is 37.3 Å². The van der Waals surface area contributed by atoms with Crippen LogP contribution >= 0.6 is 0 Å². The van der Waals surface area contributed by atoms with Crippen molar-refractivity contribution in [3.63, 3.8) is 0 Å². The molecule has 8 heteroatoms. The summed E-state index contributed by atoms with van der Waals surface area (Å²) < 4.78 is 43.1. The molecule has 3 aromatic rings. The van der Waals surface area contributed by atoms with Crippen LogP contribution in [0.25, 0.3) is 0 Å². The number of benzene rings is 3. The highest BCUT2D eigenvalue weighted by atomic mass is 32.2. The Morgan fingerprint density at radius 3 is 2.08 bits per heavy atom. The Bertz CT molecular complexity index is 1300. The van der Waals surface area contributed by atoms with Crippen molar-refractivity contribution in [2.75, 3.05) is 31.1 Å². The van der Waals surface area contributed by atoms with E-state index >= 15 is 0 Å². The van der Waals surface area contributed by atoms with Gasteiger partial charge in [0.15, 0.2) is 0 Å². The van der Waals surface area contributed by atoms with Gasteiger partial charge < -0.3 is 9.80 Å². The summed E-state index contributed by atoms with van der Waals surface area (Å²) in [5, 5.41) is 0. The fourth-order valence-corrected chi connectivity index (χ4v) is 6.57. The van der Waals surface area contributed by atoms with E-state index in [1.54, 1.807) is 30.9 Å². The standard InChI is InChI=1S/C28H32FN3O3S/c1-20-17-21(2)27(22(3)18-20)36(34,35)30-26(19-23-7-5-4-6-8-23)28(33)32-15-13-31(14-16-32)25-11-9-24(29)10-12-25/h4-12,17-18,26,30H,13-16,19H2,1-3H3. The topological polar surface area (TPSA) is 69.7 Å². The maximum Gasteiger partial charge on any atom is 0.241 e. The fourth-order valence-electron chi connectivity index (χ4n) is 4.92. The van der Waals surface area contributed by atoms with Crippen LogP contribution in [-0.4, -0.2) is 51.4 Å². The number of carbonyl (C=O) groups excluding carboxylic acids is 1. The zero-order valence-electron chi connectivity index (χ0n) is 20.9. The molecule has 0 aliphatic carbocycles. The predicted molar refractivity (Wildman–Crippen MR) is 140 cm³/mol. The van der Waals surface area contributed by atoms with Crippen LogP contribution in [0.3, 0.4) is 0 Å². The minimum absolute atomic E-state index is 0.222. The van der Waals surface area contributed by atoms with Gasteiger partial charge in [-0.15, -0.1) is 0 Å². The van der Waals surface area contributed by atoms with Crippen LogP contribution in [0.1, 0.15) is 22.3 Å². The maximum absolute atomic E-state index is 13.7. The minimum Gasteiger partial charge on any atom is -0.368 e. The quantitative estimate of drug-likeness (QED) is 0.523. The Morgan fingerprint density at radius 2 is 1.50 bits per heavy atom. The molecule has 1 N–H and O–H groups in total. The molecule has 1 aliphatic rings. The van der Waals surface area contributed by atoms with E-state index in [-0.39, 0.29) is 23.0 Å². The SMILES string of the molecule is Cc1cc(C)c(S(=O)(=O)NC(Cc2ccccc2)C(=O)N2CCN(c3ccc(F)cc3)CC2)c(C)c1. The lowest BCUT2D eigenvalue weighted by Gasteiger charge is -2.37. The van der Waals surface area contributed by atoms with Crippen LogP contribution in [0.2, 0.25) is 0 Å². The molecule has 190 valence electrons. The molecule has 6 nitrogen and oxygen atoms in total. The summed E-state index contributed by atoms with van der Waals surface area (Å²) in [7, 11) is -3.94. The van der Waals surface area contributed by atoms with Crippen LogP contribution in [0.5, 0.6) is 0 Å². The second-order valence-electron chi connectivity index (χ2n) is 9.38. The van der Waals surface area contributed by atoms with E-state index in [1.165, 1.54) is 12.1 Å². The second-order valence-corrected chi connectivity index (χ2v) is 11.0. The molecule has 0 bridgehead atoms. The Hall–Kier alpha value is -3.23. The molecule has 3 aromatic carbocycles. The first-order valence-corrected chi connectivity index (χ1v) is 13.6. The van der Waals surface area contributed by atoms with Crippen molar-refractivity contribution in [1.82, 2.24) is 9.62 Å². The lowest BCUT2D eigenvalue weighted by molar-refractivity contribution is -0.133. The highest BCUT2D eigenvalue weighted by Gasteiger charge is 2.32. The number of hydrogen-bond acceptors (Lipinski definition) is 4. The third-order valence-corrected chi connectivity index (χ3v) is 8.31. The summed E-state index contributed by atoms with van der Waals surface area (Å²) in [6.07, 6.45) is 0.251. The highest BCUT2D eigenvalue weighted by Crippen LogP contribution is 2.23. The lowest BCUT2D eigenvalue weighted by atomic mass is 10.1. The van der Waals surface area contributed by atoms with E-state index in [0.717, 1.165) is 16.8 Å². The molecule has 1 aliphatic heterocycles. The molecule has 1 fully saturated rings. The van der Waals surface area contributed by atoms with Gasteiger partial charge in [-0.25, -0.2) is 12.8 Å². The molecule has 1 saturated heterocycles. The largest absolute Gasteiger partial charge is 0.368 e. The monoisotopic (exact) mass is 509 g/mol. The summed E-state index contributed by atoms with van der Waals surface area (Å²) >= 11 is 0. The molecular formula is C28H32FN3O3S. The summed E-state index contributed by atoms with van der Waals surface area (Å²) in [6, 6.07) is 18.5. The third kappa shape index (κ3) is 5.94. The van der Waals surface area contributed by atoms with E-state index in [1.807, 2.05) is 49.4 Å². The van der Waals surface area contributed by atoms with E-state index < -0.39 is 16.1 Å². The molecule has 1 unspecified atom stereocenters. The molecule has 0 saturated carbocycles. The minimum atomic E-state index is -3.94. The predicted octanol–water partition coefficient (Wildman–Crippen LogP) is 3.99. The van der Waals surface area contributed by atoms with Crippen LogP contribution in [0.15, 0.2) is 71.6 Å². The molecule has 1 heterocycles. The Kier molecular flexibility index (Phi) is 7.76. The number of anilines is 1. The van der Waals surface area contributed by atoms with Crippen LogP contribution in [0.4, 0.5) is 10.1 Å². The number of aryl methyl sites for hydroxylation is 3. The van der Waals surface area contributed by atoms with E-state index in [4.69, 9.17) is 0 Å². The van der Waals surface area contributed by atoms with Gasteiger partial charge in [0.2, 0.25) is 15.9 Å². The molecule has 36 heavy (non-hydrogen) atoms. The van der Waals surface area contributed by atoms with Crippen molar-refractivity contribution >= 4 is 21.6 Å². The summed E-state index contributed by atoms with van der Waals surface area (Å²) in [5.41, 5.74) is 4.06. The Morgan fingerprint density at radius 1 is 0.917 bits per heavy atom. The van der Waals surface area contributed by atoms with Crippen molar-refractivity contribution in [2.45, 2.75) is 38.1 Å². The zero-order valence-corrected chi connectivity index (χ0v) is 21.7. The van der Waals surface area contributed by atoms with Gasteiger partial charge in [-0.05, 0) is 68.1 Å². The summed E-state index contributed by atoms with van der Waals surface area (Å²) in [4.78, 5) is 17.7. The number of halogens is 1. The number of rotatable bonds is 7. The van der Waals surface area contributed by atoms with Crippen molar-refractivity contribution in [1.29, 1.82) is 0 Å². The van der Waals surface area contributed by atoms with Crippen molar-refractivity contribution < 1.29 is 17.6 Å². The maximum atomic E-state index is 13.7. The number of amides is 1. The molecule has 0 spiro atoms. The zero-order chi connectivity index (χ0) is 25.9. The molecule has 0 radical (unpaired) electrons. The number of piperazine rings is 1. The molecular weight excluding hydrogens is 477 g/mol. The lowest BCUT2D eigenvalue weighted by Crippen LogP contribution is -2.55. The summed E-state index contributed by atoms with van der Waals surface area (Å²) in [5.74, 6) is -0.536. The number of carbonyl (C=O) groups is 1. The van der Waals surface area contributed by atoms with Crippen LogP contribution in [0, 0.1) is 26.6 Å². The highest BCUT2D eigenvalue weighted by molar-refractivity contribution is 7.89. The fraction of sp³-hybridized carbons (Fsp3) is 0.321. The third-order valence-electron chi connectivity index (χ3n) is 6.53. The van der Waals surface area contributed by atoms with E-state index in [9.17, 15) is 17.6 Å². The smallest absolute Gasteiger partial charge is 0.241 e. The van der Waals surface area contributed by atoms with Gasteiger partial charge in [0.05, 0.1) is 4.90 Å². The first-order chi connectivity index (χ1) is 17.1. The number of nitrogens with one attached hydrogen (secondary N) is 1. The first-order valence-electron chi connectivity index (χ1n) is 12.1. The van der Waals surface area contributed by atoms with Crippen molar-refractivity contribution in [3.05, 3.63) is 94.8 Å². The number of hydrogen-bond donors (Lipinski definition) is 1. The average molecular weight is 510 g/mol. The van der Waals surface area contributed by atoms with Crippen molar-refractivity contribution in [2.24, 2.45) is 0 Å². The van der Waals surface area contributed by atoms with Crippen LogP contribution in [-0.2, 0) is 21.2 Å². The van der Waals surface area contributed by atoms with Crippen molar-refractivity contribution in [3.8, 4) is 0 Å². The van der Waals surface area contributed by atoms with Gasteiger partial charge in [0.25, 0.3) is 0 Å².